The highest BCUT2D eigenvalue weighted by molar-refractivity contribution is 7.31. The van der Waals surface area contributed by atoms with Crippen LogP contribution in [0.1, 0.15) is 23.9 Å². The summed E-state index contributed by atoms with van der Waals surface area (Å²) < 4.78 is 0. The SMILES string of the molecule is CCN(CC)C(=O)c1ccc[pH]1. The predicted octanol–water partition coefficient (Wildman–Crippen LogP) is 2.20. The van der Waals surface area contributed by atoms with E-state index in [2.05, 4.69) is 0 Å². The third-order valence-electron chi connectivity index (χ3n) is 1.88. The van der Waals surface area contributed by atoms with Crippen LogP contribution in [-0.4, -0.2) is 23.9 Å². The predicted molar refractivity (Wildman–Crippen MR) is 53.2 cm³/mol. The fraction of sp³-hybridized carbons (Fsp3) is 0.444. The molecule has 1 rings (SSSR count). The van der Waals surface area contributed by atoms with Crippen molar-refractivity contribution in [1.82, 2.24) is 4.90 Å². The molecule has 1 aromatic rings. The van der Waals surface area contributed by atoms with Gasteiger partial charge in [0, 0.05) is 13.1 Å². The molecule has 1 aromatic heterocycles. The number of carbonyl (C=O) groups excluding carboxylic acids is 1. The van der Waals surface area contributed by atoms with Crippen molar-refractivity contribution in [3.63, 3.8) is 0 Å². The topological polar surface area (TPSA) is 20.3 Å². The number of hydrogen-bond donors (Lipinski definition) is 0. The number of carbonyl (C=O) groups is 1. The van der Waals surface area contributed by atoms with E-state index in [1.54, 1.807) is 0 Å². The van der Waals surface area contributed by atoms with Crippen molar-refractivity contribution in [2.75, 3.05) is 13.1 Å². The minimum atomic E-state index is 0.198. The summed E-state index contributed by atoms with van der Waals surface area (Å²) in [5, 5.41) is 0.943. The molecule has 66 valence electrons. The molecular formula is C9H14NOP. The first kappa shape index (κ1) is 9.34. The van der Waals surface area contributed by atoms with E-state index in [4.69, 9.17) is 0 Å². The highest BCUT2D eigenvalue weighted by Gasteiger charge is 2.11. The first-order chi connectivity index (χ1) is 5.79. The Morgan fingerprint density at radius 2 is 2.17 bits per heavy atom. The van der Waals surface area contributed by atoms with Crippen LogP contribution >= 0.6 is 8.19 Å². The lowest BCUT2D eigenvalue weighted by atomic mass is 10.4. The van der Waals surface area contributed by atoms with Crippen molar-refractivity contribution in [3.8, 4) is 0 Å². The van der Waals surface area contributed by atoms with Crippen LogP contribution in [0.5, 0.6) is 0 Å². The Bertz CT molecular complexity index is 239. The smallest absolute Gasteiger partial charge is 0.257 e. The minimum absolute atomic E-state index is 0.198. The second-order valence-electron chi connectivity index (χ2n) is 2.56. The fourth-order valence-electron chi connectivity index (χ4n) is 1.14. The Kier molecular flexibility index (Phi) is 3.36. The Hall–Kier alpha value is -0.750. The average molecular weight is 183 g/mol. The number of amides is 1. The zero-order valence-corrected chi connectivity index (χ0v) is 8.50. The molecule has 0 saturated heterocycles. The van der Waals surface area contributed by atoms with Crippen molar-refractivity contribution < 1.29 is 4.79 Å². The summed E-state index contributed by atoms with van der Waals surface area (Å²) in [7, 11) is 0.568. The Morgan fingerprint density at radius 1 is 1.50 bits per heavy atom. The molecule has 1 amide bonds. The quantitative estimate of drug-likeness (QED) is 0.703. The van der Waals surface area contributed by atoms with E-state index >= 15 is 0 Å². The van der Waals surface area contributed by atoms with E-state index in [-0.39, 0.29) is 5.91 Å². The lowest BCUT2D eigenvalue weighted by Crippen LogP contribution is -2.29. The summed E-state index contributed by atoms with van der Waals surface area (Å²) in [5.41, 5.74) is 0. The van der Waals surface area contributed by atoms with Crippen LogP contribution in [0.15, 0.2) is 17.9 Å². The van der Waals surface area contributed by atoms with Gasteiger partial charge in [-0.05, 0) is 25.7 Å². The van der Waals surface area contributed by atoms with Gasteiger partial charge in [-0.25, -0.2) is 0 Å². The largest absolute Gasteiger partial charge is 0.339 e. The van der Waals surface area contributed by atoms with Gasteiger partial charge in [-0.3, -0.25) is 4.79 Å². The molecule has 0 fully saturated rings. The summed E-state index contributed by atoms with van der Waals surface area (Å²) >= 11 is 0. The van der Waals surface area contributed by atoms with Crippen LogP contribution in [0.3, 0.4) is 0 Å². The molecule has 0 aliphatic heterocycles. The maximum Gasteiger partial charge on any atom is 0.257 e. The lowest BCUT2D eigenvalue weighted by molar-refractivity contribution is 0.0778. The van der Waals surface area contributed by atoms with Gasteiger partial charge in [0.2, 0.25) is 0 Å². The summed E-state index contributed by atoms with van der Waals surface area (Å²) in [5.74, 6) is 2.24. The van der Waals surface area contributed by atoms with Gasteiger partial charge in [0.05, 0.1) is 5.30 Å². The van der Waals surface area contributed by atoms with Crippen molar-refractivity contribution in [3.05, 3.63) is 23.2 Å². The molecule has 0 aliphatic rings. The Labute approximate surface area is 74.7 Å². The van der Waals surface area contributed by atoms with Gasteiger partial charge < -0.3 is 4.90 Å². The van der Waals surface area contributed by atoms with Crippen LogP contribution < -0.4 is 0 Å². The van der Waals surface area contributed by atoms with Crippen molar-refractivity contribution in [1.29, 1.82) is 0 Å². The van der Waals surface area contributed by atoms with Gasteiger partial charge in [-0.2, -0.15) is 0 Å². The summed E-state index contributed by atoms with van der Waals surface area (Å²) in [4.78, 5) is 13.5. The lowest BCUT2D eigenvalue weighted by Gasteiger charge is -2.17. The maximum atomic E-state index is 11.6. The average Bonchev–Trinajstić information content (AvgIpc) is 2.58. The van der Waals surface area contributed by atoms with Crippen LogP contribution in [0, 0.1) is 0 Å². The molecule has 0 N–H and O–H groups in total. The first-order valence-electron chi connectivity index (χ1n) is 4.22. The number of nitrogens with zero attached hydrogens (tertiary/aromatic N) is 1. The molecule has 1 atom stereocenters. The molecule has 1 unspecified atom stereocenters. The molecule has 0 saturated carbocycles. The zero-order valence-electron chi connectivity index (χ0n) is 7.50. The summed E-state index contributed by atoms with van der Waals surface area (Å²) in [6.07, 6.45) is 0. The molecule has 0 bridgehead atoms. The van der Waals surface area contributed by atoms with Crippen LogP contribution in [-0.2, 0) is 0 Å². The first-order valence-corrected chi connectivity index (χ1v) is 5.30. The normalized spacial score (nSPS) is 10.5. The van der Waals surface area contributed by atoms with Crippen LogP contribution in [0.4, 0.5) is 0 Å². The second-order valence-corrected chi connectivity index (χ2v) is 3.72. The summed E-state index contributed by atoms with van der Waals surface area (Å²) in [6.45, 7) is 5.62. The molecule has 1 heterocycles. The third kappa shape index (κ3) is 1.89. The van der Waals surface area contributed by atoms with Gasteiger partial charge >= 0.3 is 0 Å². The van der Waals surface area contributed by atoms with Gasteiger partial charge in [0.25, 0.3) is 5.91 Å². The minimum Gasteiger partial charge on any atom is -0.339 e. The number of rotatable bonds is 3. The van der Waals surface area contributed by atoms with Gasteiger partial charge in [0.15, 0.2) is 0 Å². The molecule has 2 nitrogen and oxygen atoms in total. The molecule has 0 aliphatic carbocycles. The van der Waals surface area contributed by atoms with Crippen molar-refractivity contribution in [2.45, 2.75) is 13.8 Å². The van der Waals surface area contributed by atoms with Crippen molar-refractivity contribution in [2.24, 2.45) is 0 Å². The van der Waals surface area contributed by atoms with Crippen molar-refractivity contribution >= 4 is 14.1 Å². The summed E-state index contributed by atoms with van der Waals surface area (Å²) in [6, 6.07) is 3.87. The molecule has 0 spiro atoms. The van der Waals surface area contributed by atoms with E-state index in [1.165, 1.54) is 0 Å². The monoisotopic (exact) mass is 183 g/mol. The van der Waals surface area contributed by atoms with E-state index in [0.29, 0.717) is 8.19 Å². The highest BCUT2D eigenvalue weighted by Crippen LogP contribution is 2.16. The zero-order chi connectivity index (χ0) is 8.97. The Morgan fingerprint density at radius 3 is 2.58 bits per heavy atom. The van der Waals surface area contributed by atoms with E-state index in [0.717, 1.165) is 18.4 Å². The van der Waals surface area contributed by atoms with Gasteiger partial charge in [0.1, 0.15) is 0 Å². The highest BCUT2D eigenvalue weighted by atomic mass is 31.0. The van der Waals surface area contributed by atoms with Crippen LogP contribution in [0.2, 0.25) is 0 Å². The third-order valence-corrected chi connectivity index (χ3v) is 2.93. The second kappa shape index (κ2) is 4.32. The van der Waals surface area contributed by atoms with E-state index < -0.39 is 0 Å². The standard InChI is InChI=1S/C9H14NOP/c1-3-10(4-2)9(11)8-6-5-7-12-8/h5-7,12H,3-4H2,1-2H3. The number of hydrogen-bond acceptors (Lipinski definition) is 1. The van der Waals surface area contributed by atoms with Gasteiger partial charge in [-0.1, -0.05) is 6.07 Å². The Balaban J connectivity index is 2.70. The molecule has 0 radical (unpaired) electrons. The fourth-order valence-corrected chi connectivity index (χ4v) is 1.99. The molecular weight excluding hydrogens is 169 g/mol. The van der Waals surface area contributed by atoms with Crippen LogP contribution in [0.25, 0.3) is 0 Å². The maximum absolute atomic E-state index is 11.6. The molecule has 0 aromatic carbocycles. The van der Waals surface area contributed by atoms with E-state index in [1.807, 2.05) is 36.7 Å². The van der Waals surface area contributed by atoms with Gasteiger partial charge in [-0.15, -0.1) is 8.19 Å². The molecule has 12 heavy (non-hydrogen) atoms. The molecule has 3 heteroatoms. The van der Waals surface area contributed by atoms with E-state index in [9.17, 15) is 4.79 Å².